The van der Waals surface area contributed by atoms with Crippen molar-refractivity contribution in [2.45, 2.75) is 34.1 Å². The molecule has 2 aromatic rings. The van der Waals surface area contributed by atoms with Crippen LogP contribution in [-0.2, 0) is 16.0 Å². The summed E-state index contributed by atoms with van der Waals surface area (Å²) in [5.74, 6) is -0.214. The summed E-state index contributed by atoms with van der Waals surface area (Å²) < 4.78 is 15.7. The molecule has 0 spiro atoms. The third-order valence-electron chi connectivity index (χ3n) is 4.56. The lowest BCUT2D eigenvalue weighted by Crippen LogP contribution is -2.27. The van der Waals surface area contributed by atoms with Gasteiger partial charge in [-0.15, -0.1) is 0 Å². The van der Waals surface area contributed by atoms with E-state index < -0.39 is 5.97 Å². The van der Waals surface area contributed by atoms with E-state index in [4.69, 9.17) is 25.5 Å². The van der Waals surface area contributed by atoms with Crippen molar-refractivity contribution in [3.63, 3.8) is 0 Å². The summed E-state index contributed by atoms with van der Waals surface area (Å²) in [6.45, 7) is 10.5. The topological polar surface area (TPSA) is 69.0 Å². The van der Waals surface area contributed by atoms with Gasteiger partial charge in [0.05, 0.1) is 11.6 Å². The van der Waals surface area contributed by atoms with E-state index in [1.165, 1.54) is 0 Å². The molecule has 1 aromatic carbocycles. The lowest BCUT2D eigenvalue weighted by atomic mass is 10.0. The van der Waals surface area contributed by atoms with E-state index in [1.807, 2.05) is 6.92 Å². The fourth-order valence-corrected chi connectivity index (χ4v) is 3.16. The number of ether oxygens (including phenoxy) is 2. The molecule has 1 aromatic heterocycles. The van der Waals surface area contributed by atoms with Crippen LogP contribution in [-0.4, -0.2) is 43.7 Å². The monoisotopic (exact) mass is 395 g/mol. The fraction of sp³-hybridized carbons (Fsp3) is 0.500. The number of nitrogens with zero attached hydrogens (tertiary/aromatic N) is 1. The number of likely N-dealkylation sites (N-methyl/N-ethyl adjacent to an activating group) is 1. The summed E-state index contributed by atoms with van der Waals surface area (Å²) in [6, 6.07) is 3.25. The summed E-state index contributed by atoms with van der Waals surface area (Å²) in [4.78, 5) is 26.2. The Morgan fingerprint density at radius 2 is 1.93 bits per heavy atom. The van der Waals surface area contributed by atoms with Crippen molar-refractivity contribution >= 4 is 28.5 Å². The van der Waals surface area contributed by atoms with Crippen LogP contribution in [0.25, 0.3) is 11.0 Å². The van der Waals surface area contributed by atoms with E-state index in [9.17, 15) is 9.59 Å². The van der Waals surface area contributed by atoms with Crippen LogP contribution >= 0.6 is 11.6 Å². The number of hydrogen-bond donors (Lipinski definition) is 0. The SMILES string of the molecule is CCOC(=O)COc1cc2oc(=O)c(CCN(CC)CC)c(C)c2cc1Cl. The molecule has 0 N–H and O–H groups in total. The number of fused-ring (bicyclic) bond motifs is 1. The van der Waals surface area contributed by atoms with Crippen molar-refractivity contribution in [3.05, 3.63) is 38.7 Å². The minimum atomic E-state index is -0.488. The Balaban J connectivity index is 2.31. The molecule has 7 heteroatoms. The van der Waals surface area contributed by atoms with Gasteiger partial charge in [0.25, 0.3) is 0 Å². The first kappa shape index (κ1) is 21.3. The van der Waals surface area contributed by atoms with Crippen LogP contribution in [0.3, 0.4) is 0 Å². The standard InChI is InChI=1S/C20H26ClNO5/c1-5-22(6-2)9-8-14-13(4)15-10-16(21)18(11-17(15)27-20(14)24)26-12-19(23)25-7-3/h10-11H,5-9,12H2,1-4H3. The van der Waals surface area contributed by atoms with E-state index >= 15 is 0 Å². The highest BCUT2D eigenvalue weighted by Crippen LogP contribution is 2.32. The van der Waals surface area contributed by atoms with E-state index in [2.05, 4.69) is 18.7 Å². The molecule has 0 bridgehead atoms. The average Bonchev–Trinajstić information content (AvgIpc) is 2.64. The van der Waals surface area contributed by atoms with Crippen molar-refractivity contribution in [1.29, 1.82) is 0 Å². The Morgan fingerprint density at radius 3 is 2.56 bits per heavy atom. The maximum Gasteiger partial charge on any atom is 0.344 e. The van der Waals surface area contributed by atoms with Gasteiger partial charge in [0, 0.05) is 23.6 Å². The second kappa shape index (κ2) is 9.76. The third-order valence-corrected chi connectivity index (χ3v) is 4.86. The van der Waals surface area contributed by atoms with E-state index in [0.29, 0.717) is 22.6 Å². The van der Waals surface area contributed by atoms with Crippen molar-refractivity contribution in [1.82, 2.24) is 4.90 Å². The molecule has 0 fully saturated rings. The molecule has 0 aliphatic carbocycles. The van der Waals surface area contributed by atoms with Gasteiger partial charge in [0.2, 0.25) is 0 Å². The Bertz CT molecular complexity index is 858. The fourth-order valence-electron chi connectivity index (χ4n) is 2.94. The molecule has 2 rings (SSSR count). The molecule has 0 amide bonds. The molecule has 0 atom stereocenters. The molecule has 148 valence electrons. The molecule has 0 saturated carbocycles. The average molecular weight is 396 g/mol. The van der Waals surface area contributed by atoms with Gasteiger partial charge in [-0.2, -0.15) is 0 Å². The largest absolute Gasteiger partial charge is 0.480 e. The quantitative estimate of drug-likeness (QED) is 0.477. The van der Waals surface area contributed by atoms with Crippen LogP contribution < -0.4 is 10.4 Å². The van der Waals surface area contributed by atoms with Crippen molar-refractivity contribution in [3.8, 4) is 5.75 Å². The van der Waals surface area contributed by atoms with Crippen molar-refractivity contribution in [2.75, 3.05) is 32.8 Å². The first-order valence-electron chi connectivity index (χ1n) is 9.17. The smallest absolute Gasteiger partial charge is 0.344 e. The number of aryl methyl sites for hydroxylation is 1. The van der Waals surface area contributed by atoms with Gasteiger partial charge in [-0.05, 0) is 45.0 Å². The van der Waals surface area contributed by atoms with Crippen LogP contribution in [0.2, 0.25) is 5.02 Å². The van der Waals surface area contributed by atoms with Gasteiger partial charge in [-0.25, -0.2) is 9.59 Å². The summed E-state index contributed by atoms with van der Waals surface area (Å²) in [6.07, 6.45) is 0.616. The molecule has 0 unspecified atom stereocenters. The highest BCUT2D eigenvalue weighted by molar-refractivity contribution is 6.32. The minimum absolute atomic E-state index is 0.260. The Labute approximate surface area is 164 Å². The molecule has 0 saturated heterocycles. The highest BCUT2D eigenvalue weighted by Gasteiger charge is 2.16. The second-order valence-corrected chi connectivity index (χ2v) is 6.55. The number of benzene rings is 1. The van der Waals surface area contributed by atoms with Crippen LogP contribution in [0.1, 0.15) is 31.9 Å². The Kier molecular flexibility index (Phi) is 7.68. The Hall–Kier alpha value is -2.05. The molecular formula is C20H26ClNO5. The van der Waals surface area contributed by atoms with Gasteiger partial charge in [-0.1, -0.05) is 25.4 Å². The molecule has 0 radical (unpaired) electrons. The van der Waals surface area contributed by atoms with Gasteiger partial charge < -0.3 is 18.8 Å². The third kappa shape index (κ3) is 5.23. The number of esters is 1. The minimum Gasteiger partial charge on any atom is -0.480 e. The van der Waals surface area contributed by atoms with Crippen LogP contribution in [0.5, 0.6) is 5.75 Å². The zero-order chi connectivity index (χ0) is 20.0. The van der Waals surface area contributed by atoms with Crippen molar-refractivity contribution in [2.24, 2.45) is 0 Å². The normalized spacial score (nSPS) is 11.2. The molecule has 0 aliphatic rings. The molecule has 1 heterocycles. The number of carbonyl (C=O) groups is 1. The summed E-state index contributed by atoms with van der Waals surface area (Å²) in [5.41, 5.74) is 1.54. The van der Waals surface area contributed by atoms with E-state index in [0.717, 1.165) is 30.6 Å². The first-order chi connectivity index (χ1) is 12.9. The van der Waals surface area contributed by atoms with Gasteiger partial charge in [0.1, 0.15) is 11.3 Å². The lowest BCUT2D eigenvalue weighted by molar-refractivity contribution is -0.145. The summed E-state index contributed by atoms with van der Waals surface area (Å²) in [7, 11) is 0. The van der Waals surface area contributed by atoms with Gasteiger partial charge in [0.15, 0.2) is 6.61 Å². The van der Waals surface area contributed by atoms with Gasteiger partial charge in [-0.3, -0.25) is 0 Å². The maximum absolute atomic E-state index is 12.5. The van der Waals surface area contributed by atoms with Crippen LogP contribution in [0.15, 0.2) is 21.3 Å². The van der Waals surface area contributed by atoms with E-state index in [1.54, 1.807) is 19.1 Å². The first-order valence-corrected chi connectivity index (χ1v) is 9.55. The molecule has 6 nitrogen and oxygen atoms in total. The summed E-state index contributed by atoms with van der Waals surface area (Å²) >= 11 is 6.30. The predicted octanol–water partition coefficient (Wildman–Crippen LogP) is 3.58. The number of carbonyl (C=O) groups excluding carboxylic acids is 1. The zero-order valence-corrected chi connectivity index (χ0v) is 17.0. The highest BCUT2D eigenvalue weighted by atomic mass is 35.5. The van der Waals surface area contributed by atoms with Crippen LogP contribution in [0, 0.1) is 6.92 Å². The Morgan fingerprint density at radius 1 is 1.22 bits per heavy atom. The molecule has 0 aliphatic heterocycles. The summed E-state index contributed by atoms with van der Waals surface area (Å²) in [5, 5.41) is 1.11. The van der Waals surface area contributed by atoms with E-state index in [-0.39, 0.29) is 24.6 Å². The van der Waals surface area contributed by atoms with Gasteiger partial charge >= 0.3 is 11.6 Å². The molecule has 27 heavy (non-hydrogen) atoms. The molecular weight excluding hydrogens is 370 g/mol. The lowest BCUT2D eigenvalue weighted by Gasteiger charge is -2.18. The van der Waals surface area contributed by atoms with Crippen LogP contribution in [0.4, 0.5) is 0 Å². The number of hydrogen-bond acceptors (Lipinski definition) is 6. The second-order valence-electron chi connectivity index (χ2n) is 6.14. The number of rotatable bonds is 9. The predicted molar refractivity (Wildman–Crippen MR) is 106 cm³/mol. The van der Waals surface area contributed by atoms with Crippen molar-refractivity contribution < 1.29 is 18.7 Å². The number of halogens is 1. The zero-order valence-electron chi connectivity index (χ0n) is 16.3. The maximum atomic E-state index is 12.5.